The molecule has 0 atom stereocenters. The minimum atomic E-state index is -0.0961. The van der Waals surface area contributed by atoms with Crippen LogP contribution in [0.2, 0.25) is 0 Å². The third-order valence-corrected chi connectivity index (χ3v) is 3.56. The van der Waals surface area contributed by atoms with Crippen LogP contribution in [-0.4, -0.2) is 24.5 Å². The van der Waals surface area contributed by atoms with E-state index in [0.29, 0.717) is 18.0 Å². The molecule has 0 fully saturated rings. The number of carbonyl (C=O) groups is 1. The van der Waals surface area contributed by atoms with Gasteiger partial charge in [-0.1, -0.05) is 40.2 Å². The van der Waals surface area contributed by atoms with Crippen molar-refractivity contribution in [1.29, 1.82) is 0 Å². The summed E-state index contributed by atoms with van der Waals surface area (Å²) >= 11 is 3.39. The molecule has 0 aliphatic heterocycles. The van der Waals surface area contributed by atoms with Gasteiger partial charge in [-0.15, -0.1) is 0 Å². The summed E-state index contributed by atoms with van der Waals surface area (Å²) < 4.78 is 6.47. The van der Waals surface area contributed by atoms with Crippen LogP contribution in [0.25, 0.3) is 0 Å². The zero-order valence-corrected chi connectivity index (χ0v) is 13.3. The summed E-state index contributed by atoms with van der Waals surface area (Å²) in [5.74, 6) is 0.434. The SMILES string of the molecule is CN(Cc1ccc(Br)cc1)C(=O)COc1ccccc1N. The monoisotopic (exact) mass is 348 g/mol. The number of hydrogen-bond acceptors (Lipinski definition) is 3. The fourth-order valence-corrected chi connectivity index (χ4v) is 2.08. The Morgan fingerprint density at radius 1 is 1.19 bits per heavy atom. The Bertz CT molecular complexity index is 614. The van der Waals surface area contributed by atoms with Crippen LogP contribution in [0.5, 0.6) is 5.75 Å². The van der Waals surface area contributed by atoms with Gasteiger partial charge in [-0.2, -0.15) is 0 Å². The second-order valence-electron chi connectivity index (χ2n) is 4.70. The molecule has 0 heterocycles. The van der Waals surface area contributed by atoms with E-state index in [1.54, 1.807) is 24.1 Å². The lowest BCUT2D eigenvalue weighted by atomic mass is 10.2. The largest absolute Gasteiger partial charge is 0.482 e. The van der Waals surface area contributed by atoms with E-state index >= 15 is 0 Å². The second kappa shape index (κ2) is 7.13. The van der Waals surface area contributed by atoms with Crippen molar-refractivity contribution in [3.05, 3.63) is 58.6 Å². The van der Waals surface area contributed by atoms with Crippen molar-refractivity contribution < 1.29 is 9.53 Å². The van der Waals surface area contributed by atoms with Crippen LogP contribution in [0.4, 0.5) is 5.69 Å². The smallest absolute Gasteiger partial charge is 0.260 e. The van der Waals surface area contributed by atoms with Gasteiger partial charge in [0.05, 0.1) is 5.69 Å². The van der Waals surface area contributed by atoms with Gasteiger partial charge < -0.3 is 15.4 Å². The number of nitrogens with two attached hydrogens (primary N) is 1. The van der Waals surface area contributed by atoms with E-state index in [9.17, 15) is 4.79 Å². The number of halogens is 1. The molecule has 0 saturated heterocycles. The van der Waals surface area contributed by atoms with Crippen molar-refractivity contribution in [3.63, 3.8) is 0 Å². The fourth-order valence-electron chi connectivity index (χ4n) is 1.81. The van der Waals surface area contributed by atoms with E-state index in [2.05, 4.69) is 15.9 Å². The average Bonchev–Trinajstić information content (AvgIpc) is 2.48. The number of anilines is 1. The molecular formula is C16H17BrN2O2. The summed E-state index contributed by atoms with van der Waals surface area (Å²) in [5.41, 5.74) is 7.36. The van der Waals surface area contributed by atoms with Gasteiger partial charge >= 0.3 is 0 Å². The highest BCUT2D eigenvalue weighted by Crippen LogP contribution is 2.19. The molecule has 2 N–H and O–H groups in total. The number of carbonyl (C=O) groups excluding carboxylic acids is 1. The third kappa shape index (κ3) is 4.49. The Kier molecular flexibility index (Phi) is 5.22. The lowest BCUT2D eigenvalue weighted by Crippen LogP contribution is -2.31. The molecule has 2 rings (SSSR count). The van der Waals surface area contributed by atoms with Gasteiger partial charge in [0, 0.05) is 18.1 Å². The third-order valence-electron chi connectivity index (χ3n) is 3.03. The molecule has 0 saturated carbocycles. The summed E-state index contributed by atoms with van der Waals surface area (Å²) in [7, 11) is 1.75. The topological polar surface area (TPSA) is 55.6 Å². The highest BCUT2D eigenvalue weighted by Gasteiger charge is 2.11. The minimum Gasteiger partial charge on any atom is -0.482 e. The molecule has 2 aromatic carbocycles. The number of rotatable bonds is 5. The van der Waals surface area contributed by atoms with E-state index in [0.717, 1.165) is 10.0 Å². The van der Waals surface area contributed by atoms with Gasteiger partial charge in [-0.25, -0.2) is 0 Å². The molecule has 0 aliphatic carbocycles. The maximum absolute atomic E-state index is 12.0. The number of ether oxygens (including phenoxy) is 1. The molecule has 0 aliphatic rings. The molecule has 110 valence electrons. The summed E-state index contributed by atoms with van der Waals surface area (Å²) in [6.07, 6.45) is 0. The number of para-hydroxylation sites is 2. The molecule has 5 heteroatoms. The van der Waals surface area contributed by atoms with E-state index in [1.165, 1.54) is 0 Å². The van der Waals surface area contributed by atoms with Crippen LogP contribution in [0, 0.1) is 0 Å². The van der Waals surface area contributed by atoms with Crippen molar-refractivity contribution >= 4 is 27.5 Å². The minimum absolute atomic E-state index is 0.0265. The standard InChI is InChI=1S/C16H17BrN2O2/c1-19(10-12-6-8-13(17)9-7-12)16(20)11-21-15-5-3-2-4-14(15)18/h2-9H,10-11,18H2,1H3. The number of hydrogen-bond donors (Lipinski definition) is 1. The first-order chi connectivity index (χ1) is 10.1. The zero-order valence-electron chi connectivity index (χ0n) is 11.8. The predicted molar refractivity (Wildman–Crippen MR) is 87.0 cm³/mol. The maximum atomic E-state index is 12.0. The molecule has 0 radical (unpaired) electrons. The first kappa shape index (κ1) is 15.4. The lowest BCUT2D eigenvalue weighted by molar-refractivity contribution is -0.132. The van der Waals surface area contributed by atoms with Gasteiger partial charge in [-0.05, 0) is 29.8 Å². The van der Waals surface area contributed by atoms with Crippen molar-refractivity contribution in [2.45, 2.75) is 6.54 Å². The molecule has 2 aromatic rings. The Labute approximate surface area is 132 Å². The van der Waals surface area contributed by atoms with Crippen LogP contribution < -0.4 is 10.5 Å². The summed E-state index contributed by atoms with van der Waals surface area (Å²) in [6, 6.07) is 15.0. The number of likely N-dealkylation sites (N-methyl/N-ethyl adjacent to an activating group) is 1. The number of nitrogens with zero attached hydrogens (tertiary/aromatic N) is 1. The van der Waals surface area contributed by atoms with Crippen LogP contribution in [0.3, 0.4) is 0 Å². The first-order valence-corrected chi connectivity index (χ1v) is 7.31. The van der Waals surface area contributed by atoms with Gasteiger partial charge in [0.2, 0.25) is 0 Å². The predicted octanol–water partition coefficient (Wildman–Crippen LogP) is 3.07. The number of benzene rings is 2. The van der Waals surface area contributed by atoms with Crippen LogP contribution in [0.15, 0.2) is 53.0 Å². The normalized spacial score (nSPS) is 10.2. The molecule has 1 amide bonds. The summed E-state index contributed by atoms with van der Waals surface area (Å²) in [6.45, 7) is 0.515. The second-order valence-corrected chi connectivity index (χ2v) is 5.62. The fraction of sp³-hybridized carbons (Fsp3) is 0.188. The quantitative estimate of drug-likeness (QED) is 0.844. The van der Waals surface area contributed by atoms with Crippen LogP contribution in [-0.2, 0) is 11.3 Å². The average molecular weight is 349 g/mol. The molecule has 0 spiro atoms. The van der Waals surface area contributed by atoms with Crippen LogP contribution in [0.1, 0.15) is 5.56 Å². The maximum Gasteiger partial charge on any atom is 0.260 e. The molecule has 4 nitrogen and oxygen atoms in total. The van der Waals surface area contributed by atoms with Crippen LogP contribution >= 0.6 is 15.9 Å². The van der Waals surface area contributed by atoms with E-state index in [4.69, 9.17) is 10.5 Å². The molecule has 0 bridgehead atoms. The van der Waals surface area contributed by atoms with Crippen molar-refractivity contribution in [3.8, 4) is 5.75 Å². The molecular weight excluding hydrogens is 332 g/mol. The van der Waals surface area contributed by atoms with Crippen molar-refractivity contribution in [2.75, 3.05) is 19.4 Å². The Morgan fingerprint density at radius 3 is 2.52 bits per heavy atom. The van der Waals surface area contributed by atoms with Gasteiger partial charge in [0.1, 0.15) is 5.75 Å². The molecule has 21 heavy (non-hydrogen) atoms. The lowest BCUT2D eigenvalue weighted by Gasteiger charge is -2.18. The Balaban J connectivity index is 1.88. The molecule has 0 unspecified atom stereocenters. The highest BCUT2D eigenvalue weighted by molar-refractivity contribution is 9.10. The Morgan fingerprint density at radius 2 is 1.86 bits per heavy atom. The highest BCUT2D eigenvalue weighted by atomic mass is 79.9. The Hall–Kier alpha value is -2.01. The number of nitrogen functional groups attached to an aromatic ring is 1. The van der Waals surface area contributed by atoms with E-state index < -0.39 is 0 Å². The van der Waals surface area contributed by atoms with E-state index in [1.807, 2.05) is 36.4 Å². The zero-order chi connectivity index (χ0) is 15.2. The molecule has 0 aromatic heterocycles. The first-order valence-electron chi connectivity index (χ1n) is 6.52. The van der Waals surface area contributed by atoms with Gasteiger partial charge in [-0.3, -0.25) is 4.79 Å². The summed E-state index contributed by atoms with van der Waals surface area (Å²) in [5, 5.41) is 0. The van der Waals surface area contributed by atoms with Crippen molar-refractivity contribution in [2.24, 2.45) is 0 Å². The van der Waals surface area contributed by atoms with E-state index in [-0.39, 0.29) is 12.5 Å². The number of amides is 1. The van der Waals surface area contributed by atoms with Gasteiger partial charge in [0.25, 0.3) is 5.91 Å². The summed E-state index contributed by atoms with van der Waals surface area (Å²) in [4.78, 5) is 13.7. The van der Waals surface area contributed by atoms with Gasteiger partial charge in [0.15, 0.2) is 6.61 Å². The van der Waals surface area contributed by atoms with Crippen molar-refractivity contribution in [1.82, 2.24) is 4.90 Å².